The van der Waals surface area contributed by atoms with Crippen LogP contribution in [0.1, 0.15) is 0 Å². The number of allylic oxidation sites excluding steroid dienone is 1. The van der Waals surface area contributed by atoms with Gasteiger partial charge in [-0.05, 0) is 5.57 Å². The Morgan fingerprint density at radius 3 is 1.46 bits per heavy atom. The predicted octanol–water partition coefficient (Wildman–Crippen LogP) is 3.68. The van der Waals surface area contributed by atoms with Gasteiger partial charge in [-0.2, -0.15) is 26.3 Å². The minimum absolute atomic E-state index is 0.531. The summed E-state index contributed by atoms with van der Waals surface area (Å²) in [6.45, 7) is 2.72. The van der Waals surface area contributed by atoms with Gasteiger partial charge in [0.25, 0.3) is 0 Å². The Morgan fingerprint density at radius 2 is 1.38 bits per heavy atom. The molecule has 78 valence electrons. The lowest BCUT2D eigenvalue weighted by molar-refractivity contribution is -0.270. The summed E-state index contributed by atoms with van der Waals surface area (Å²) in [4.78, 5) is 0. The van der Waals surface area contributed by atoms with E-state index in [-0.39, 0.29) is 0 Å². The van der Waals surface area contributed by atoms with E-state index < -0.39 is 29.2 Å². The fourth-order valence-electron chi connectivity index (χ4n) is 0.726. The Bertz CT molecular complexity index is 176. The van der Waals surface area contributed by atoms with Gasteiger partial charge in [0.15, 0.2) is 5.92 Å². The Hall–Kier alpha value is -0.200. The summed E-state index contributed by atoms with van der Waals surface area (Å²) in [6, 6.07) is 0. The molecule has 0 heterocycles. The van der Waals surface area contributed by atoms with Gasteiger partial charge < -0.3 is 0 Å². The molecule has 7 heteroatoms. The second-order valence-corrected chi connectivity index (χ2v) is 2.87. The lowest BCUT2D eigenvalue weighted by atomic mass is 10.0. The topological polar surface area (TPSA) is 0 Å². The predicted molar refractivity (Wildman–Crippen MR) is 38.5 cm³/mol. The lowest BCUT2D eigenvalue weighted by Gasteiger charge is -2.23. The van der Waals surface area contributed by atoms with E-state index in [0.29, 0.717) is 0 Å². The molecule has 0 unspecified atom stereocenters. The van der Waals surface area contributed by atoms with Crippen molar-refractivity contribution in [1.29, 1.82) is 0 Å². The van der Waals surface area contributed by atoms with E-state index in [0.717, 1.165) is 0 Å². The molecule has 0 amide bonds. The van der Waals surface area contributed by atoms with E-state index in [1.54, 1.807) is 0 Å². The fourth-order valence-corrected chi connectivity index (χ4v) is 1.05. The minimum atomic E-state index is -5.33. The van der Waals surface area contributed by atoms with Crippen molar-refractivity contribution in [3.8, 4) is 0 Å². The van der Waals surface area contributed by atoms with Gasteiger partial charge in [0, 0.05) is 5.33 Å². The molecule has 0 fully saturated rings. The van der Waals surface area contributed by atoms with E-state index >= 15 is 0 Å². The van der Waals surface area contributed by atoms with Gasteiger partial charge in [-0.15, -0.1) is 0 Å². The zero-order chi connectivity index (χ0) is 10.9. The largest absolute Gasteiger partial charge is 0.404 e. The molecule has 0 N–H and O–H groups in total. The minimum Gasteiger partial charge on any atom is -0.170 e. The van der Waals surface area contributed by atoms with Crippen molar-refractivity contribution in [2.24, 2.45) is 5.92 Å². The zero-order valence-corrected chi connectivity index (χ0v) is 7.72. The van der Waals surface area contributed by atoms with Gasteiger partial charge in [-0.3, -0.25) is 0 Å². The van der Waals surface area contributed by atoms with Gasteiger partial charge in [0.1, 0.15) is 0 Å². The van der Waals surface area contributed by atoms with Crippen molar-refractivity contribution in [3.63, 3.8) is 0 Å². The number of halogens is 7. The first-order valence-electron chi connectivity index (χ1n) is 2.97. The van der Waals surface area contributed by atoms with Gasteiger partial charge in [-0.1, -0.05) is 22.5 Å². The number of hydrogen-bond acceptors (Lipinski definition) is 0. The Kier molecular flexibility index (Phi) is 3.83. The molecule has 0 saturated carbocycles. The molecular formula is C6H5BrF6. The summed E-state index contributed by atoms with van der Waals surface area (Å²) in [5.74, 6) is -3.45. The maximum Gasteiger partial charge on any atom is 0.404 e. The molecule has 0 aliphatic heterocycles. The van der Waals surface area contributed by atoms with E-state index in [4.69, 9.17) is 0 Å². The summed E-state index contributed by atoms with van der Waals surface area (Å²) in [5.41, 5.74) is -0.944. The first-order valence-corrected chi connectivity index (χ1v) is 4.10. The third-order valence-corrected chi connectivity index (χ3v) is 1.95. The van der Waals surface area contributed by atoms with E-state index in [1.807, 2.05) is 0 Å². The summed E-state index contributed by atoms with van der Waals surface area (Å²) in [5, 5.41) is -0.531. The highest BCUT2D eigenvalue weighted by Crippen LogP contribution is 2.43. The van der Waals surface area contributed by atoms with Crippen LogP contribution in [0.3, 0.4) is 0 Å². The standard InChI is InChI=1S/C6H5BrF6/c1-3(2-7)4(5(8,9)10)6(11,12)13/h4H,1-2H2. The molecule has 0 bridgehead atoms. The smallest absolute Gasteiger partial charge is 0.170 e. The molecule has 0 nitrogen and oxygen atoms in total. The highest BCUT2D eigenvalue weighted by Gasteiger charge is 2.57. The van der Waals surface area contributed by atoms with Crippen molar-refractivity contribution < 1.29 is 26.3 Å². The van der Waals surface area contributed by atoms with Crippen LogP contribution in [0.15, 0.2) is 12.2 Å². The number of hydrogen-bond donors (Lipinski definition) is 0. The molecule has 0 aliphatic rings. The van der Waals surface area contributed by atoms with Gasteiger partial charge in [-0.25, -0.2) is 0 Å². The third kappa shape index (κ3) is 3.58. The fraction of sp³-hybridized carbons (Fsp3) is 0.667. The van der Waals surface area contributed by atoms with Crippen LogP contribution >= 0.6 is 15.9 Å². The molecule has 0 spiro atoms. The molecule has 0 saturated heterocycles. The van der Waals surface area contributed by atoms with E-state index in [9.17, 15) is 26.3 Å². The average molecular weight is 271 g/mol. The van der Waals surface area contributed by atoms with E-state index in [2.05, 4.69) is 22.5 Å². The number of rotatable bonds is 2. The molecule has 0 aliphatic carbocycles. The Balaban J connectivity index is 4.89. The highest BCUT2D eigenvalue weighted by atomic mass is 79.9. The highest BCUT2D eigenvalue weighted by molar-refractivity contribution is 9.09. The summed E-state index contributed by atoms with van der Waals surface area (Å²) in [7, 11) is 0. The first-order chi connectivity index (χ1) is 5.60. The monoisotopic (exact) mass is 270 g/mol. The molecule has 0 radical (unpaired) electrons. The van der Waals surface area contributed by atoms with Crippen LogP contribution < -0.4 is 0 Å². The van der Waals surface area contributed by atoms with Crippen molar-refractivity contribution in [3.05, 3.63) is 12.2 Å². The van der Waals surface area contributed by atoms with Gasteiger partial charge in [0.2, 0.25) is 0 Å². The second kappa shape index (κ2) is 3.89. The van der Waals surface area contributed by atoms with Crippen molar-refractivity contribution in [2.45, 2.75) is 12.4 Å². The quantitative estimate of drug-likeness (QED) is 0.408. The second-order valence-electron chi connectivity index (χ2n) is 2.31. The van der Waals surface area contributed by atoms with Gasteiger partial charge in [0.05, 0.1) is 0 Å². The maximum absolute atomic E-state index is 11.9. The molecule has 0 rings (SSSR count). The molecule has 0 aromatic heterocycles. The van der Waals surface area contributed by atoms with Crippen LogP contribution in [-0.2, 0) is 0 Å². The maximum atomic E-state index is 11.9. The number of alkyl halides is 7. The summed E-state index contributed by atoms with van der Waals surface area (Å²) in [6.07, 6.45) is -10.7. The van der Waals surface area contributed by atoms with Crippen LogP contribution in [0, 0.1) is 5.92 Å². The van der Waals surface area contributed by atoms with Crippen LogP contribution in [0.4, 0.5) is 26.3 Å². The zero-order valence-electron chi connectivity index (χ0n) is 6.14. The molecular weight excluding hydrogens is 266 g/mol. The normalized spacial score (nSPS) is 13.5. The Labute approximate surface area is 78.7 Å². The molecule has 0 aromatic rings. The molecule has 0 atom stereocenters. The lowest BCUT2D eigenvalue weighted by Crippen LogP contribution is -2.37. The summed E-state index contributed by atoms with van der Waals surface area (Å²) < 4.78 is 71.1. The van der Waals surface area contributed by atoms with Crippen molar-refractivity contribution in [2.75, 3.05) is 5.33 Å². The van der Waals surface area contributed by atoms with Gasteiger partial charge >= 0.3 is 12.4 Å². The van der Waals surface area contributed by atoms with Crippen molar-refractivity contribution in [1.82, 2.24) is 0 Å². The Morgan fingerprint density at radius 1 is 1.08 bits per heavy atom. The average Bonchev–Trinajstić information content (AvgIpc) is 1.80. The van der Waals surface area contributed by atoms with Crippen LogP contribution in [-0.4, -0.2) is 17.7 Å². The SMILES string of the molecule is C=C(CBr)C(C(F)(F)F)C(F)(F)F. The third-order valence-electron chi connectivity index (χ3n) is 1.23. The van der Waals surface area contributed by atoms with Crippen LogP contribution in [0.25, 0.3) is 0 Å². The van der Waals surface area contributed by atoms with Crippen LogP contribution in [0.2, 0.25) is 0 Å². The summed E-state index contributed by atoms with van der Waals surface area (Å²) >= 11 is 2.50. The van der Waals surface area contributed by atoms with Crippen LogP contribution in [0.5, 0.6) is 0 Å². The first kappa shape index (κ1) is 12.8. The molecule has 0 aromatic carbocycles. The van der Waals surface area contributed by atoms with Crippen molar-refractivity contribution >= 4 is 15.9 Å². The molecule has 13 heavy (non-hydrogen) atoms. The van der Waals surface area contributed by atoms with E-state index in [1.165, 1.54) is 0 Å².